The molecule has 1 aliphatic carbocycles. The highest BCUT2D eigenvalue weighted by Gasteiger charge is 2.21. The molecule has 21 heavy (non-hydrogen) atoms. The van der Waals surface area contributed by atoms with Crippen molar-refractivity contribution < 1.29 is 0 Å². The zero-order valence-corrected chi connectivity index (χ0v) is 12.4. The number of nitrogens with zero attached hydrogens (tertiary/aromatic N) is 4. The van der Waals surface area contributed by atoms with Gasteiger partial charge in [-0.3, -0.25) is 0 Å². The molecule has 1 fully saturated rings. The number of imidazole rings is 1. The molecule has 0 aromatic carbocycles. The van der Waals surface area contributed by atoms with Gasteiger partial charge in [0.05, 0.1) is 6.54 Å². The average molecular weight is 283 g/mol. The number of pyridine rings is 1. The highest BCUT2D eigenvalue weighted by molar-refractivity contribution is 5.48. The summed E-state index contributed by atoms with van der Waals surface area (Å²) in [6.07, 6.45) is 8.60. The second kappa shape index (κ2) is 5.15. The lowest BCUT2D eigenvalue weighted by Gasteiger charge is -2.29. The quantitative estimate of drug-likeness (QED) is 0.930. The van der Waals surface area contributed by atoms with E-state index in [1.165, 1.54) is 24.0 Å². The number of nitrogens with one attached hydrogen (secondary N) is 1. The van der Waals surface area contributed by atoms with Crippen molar-refractivity contribution in [3.63, 3.8) is 0 Å². The smallest absolute Gasteiger partial charge is 0.131 e. The summed E-state index contributed by atoms with van der Waals surface area (Å²) >= 11 is 0. The van der Waals surface area contributed by atoms with E-state index in [0.717, 1.165) is 43.9 Å². The number of aromatic nitrogens is 3. The van der Waals surface area contributed by atoms with E-state index in [-0.39, 0.29) is 0 Å². The van der Waals surface area contributed by atoms with Crippen molar-refractivity contribution in [1.29, 1.82) is 0 Å². The van der Waals surface area contributed by atoms with Gasteiger partial charge < -0.3 is 14.8 Å². The summed E-state index contributed by atoms with van der Waals surface area (Å²) in [4.78, 5) is 11.5. The number of fused-ring (bicyclic) bond motifs is 1. The van der Waals surface area contributed by atoms with Crippen LogP contribution >= 0.6 is 0 Å². The largest absolute Gasteiger partial charge is 0.347 e. The van der Waals surface area contributed by atoms with Gasteiger partial charge in [0.15, 0.2) is 0 Å². The number of hydrogen-bond donors (Lipinski definition) is 1. The van der Waals surface area contributed by atoms with Crippen LogP contribution in [0.25, 0.3) is 0 Å². The predicted molar refractivity (Wildman–Crippen MR) is 82.1 cm³/mol. The van der Waals surface area contributed by atoms with Gasteiger partial charge in [-0.15, -0.1) is 0 Å². The van der Waals surface area contributed by atoms with Crippen LogP contribution in [-0.4, -0.2) is 27.1 Å². The van der Waals surface area contributed by atoms with Gasteiger partial charge >= 0.3 is 0 Å². The van der Waals surface area contributed by atoms with Crippen LogP contribution in [0.15, 0.2) is 24.7 Å². The summed E-state index contributed by atoms with van der Waals surface area (Å²) in [6, 6.07) is 3.00. The van der Waals surface area contributed by atoms with Crippen molar-refractivity contribution in [2.75, 3.05) is 11.4 Å². The van der Waals surface area contributed by atoms with Gasteiger partial charge in [0, 0.05) is 44.3 Å². The lowest BCUT2D eigenvalue weighted by Crippen LogP contribution is -2.34. The summed E-state index contributed by atoms with van der Waals surface area (Å²) in [5.41, 5.74) is 2.53. The first-order chi connectivity index (χ1) is 10.3. The maximum atomic E-state index is 4.71. The summed E-state index contributed by atoms with van der Waals surface area (Å²) in [5, 5.41) is 3.54. The molecule has 1 aliphatic heterocycles. The third-order valence-corrected chi connectivity index (χ3v) is 4.32. The Hall–Kier alpha value is -1.88. The zero-order chi connectivity index (χ0) is 14.2. The highest BCUT2D eigenvalue weighted by atomic mass is 15.3. The molecule has 2 aliphatic rings. The molecule has 0 bridgehead atoms. The summed E-state index contributed by atoms with van der Waals surface area (Å²) in [7, 11) is 0. The molecule has 2 aromatic heterocycles. The van der Waals surface area contributed by atoms with Gasteiger partial charge in [-0.1, -0.05) is 0 Å². The Bertz CT molecular complexity index is 644. The number of aryl methyl sites for hydroxylation is 1. The first-order valence-corrected chi connectivity index (χ1v) is 7.73. The van der Waals surface area contributed by atoms with Crippen molar-refractivity contribution in [2.45, 2.75) is 45.4 Å². The molecule has 3 heterocycles. The van der Waals surface area contributed by atoms with E-state index in [1.807, 2.05) is 12.4 Å². The van der Waals surface area contributed by atoms with E-state index >= 15 is 0 Å². The minimum absolute atomic E-state index is 0.742. The summed E-state index contributed by atoms with van der Waals surface area (Å²) in [5.74, 6) is 2.22. The van der Waals surface area contributed by atoms with Crippen LogP contribution in [0.5, 0.6) is 0 Å². The van der Waals surface area contributed by atoms with E-state index in [0.29, 0.717) is 0 Å². The second-order valence-corrected chi connectivity index (χ2v) is 6.10. The van der Waals surface area contributed by atoms with Crippen LogP contribution < -0.4 is 10.2 Å². The Morgan fingerprint density at radius 3 is 3.00 bits per heavy atom. The van der Waals surface area contributed by atoms with Gasteiger partial charge in [0.2, 0.25) is 0 Å². The average Bonchev–Trinajstić information content (AvgIpc) is 3.21. The van der Waals surface area contributed by atoms with Crippen LogP contribution in [0, 0.1) is 6.92 Å². The standard InChI is InChI=1S/C16H21N5/c1-12-8-13(9-18-14-2-3-14)10-19-16(12)21-7-6-20-5-4-17-15(20)11-21/h4-5,8,10,14,18H,2-3,6-7,9,11H2,1H3. The maximum absolute atomic E-state index is 4.71. The fraction of sp³-hybridized carbons (Fsp3) is 0.500. The number of rotatable bonds is 4. The molecule has 0 atom stereocenters. The monoisotopic (exact) mass is 283 g/mol. The Labute approximate surface area is 125 Å². The van der Waals surface area contributed by atoms with E-state index < -0.39 is 0 Å². The fourth-order valence-corrected chi connectivity index (χ4v) is 2.96. The van der Waals surface area contributed by atoms with Crippen LogP contribution in [0.1, 0.15) is 29.8 Å². The molecule has 1 N–H and O–H groups in total. The van der Waals surface area contributed by atoms with Crippen molar-refractivity contribution in [3.8, 4) is 0 Å². The van der Waals surface area contributed by atoms with Gasteiger partial charge in [-0.2, -0.15) is 0 Å². The van der Waals surface area contributed by atoms with Gasteiger partial charge in [0.25, 0.3) is 0 Å². The number of anilines is 1. The van der Waals surface area contributed by atoms with Crippen LogP contribution in [0.4, 0.5) is 5.82 Å². The molecule has 110 valence electrons. The third kappa shape index (κ3) is 2.65. The van der Waals surface area contributed by atoms with Gasteiger partial charge in [-0.25, -0.2) is 9.97 Å². The topological polar surface area (TPSA) is 46.0 Å². The normalized spacial score (nSPS) is 17.9. The van der Waals surface area contributed by atoms with Crippen LogP contribution in [0.2, 0.25) is 0 Å². The van der Waals surface area contributed by atoms with Crippen LogP contribution in [-0.2, 0) is 19.6 Å². The zero-order valence-electron chi connectivity index (χ0n) is 12.4. The first kappa shape index (κ1) is 12.8. The molecular formula is C16H21N5. The minimum Gasteiger partial charge on any atom is -0.347 e. The van der Waals surface area contributed by atoms with Gasteiger partial charge in [0.1, 0.15) is 11.6 Å². The molecule has 4 rings (SSSR count). The predicted octanol–water partition coefficient (Wildman–Crippen LogP) is 1.86. The molecule has 5 heteroatoms. The van der Waals surface area contributed by atoms with Gasteiger partial charge in [-0.05, 0) is 37.0 Å². The van der Waals surface area contributed by atoms with E-state index in [9.17, 15) is 0 Å². The Morgan fingerprint density at radius 2 is 2.19 bits per heavy atom. The van der Waals surface area contributed by atoms with E-state index in [2.05, 4.69) is 39.0 Å². The maximum Gasteiger partial charge on any atom is 0.131 e. The molecule has 0 radical (unpaired) electrons. The molecule has 0 unspecified atom stereocenters. The third-order valence-electron chi connectivity index (χ3n) is 4.32. The Kier molecular flexibility index (Phi) is 3.15. The van der Waals surface area contributed by atoms with Crippen molar-refractivity contribution in [3.05, 3.63) is 41.6 Å². The van der Waals surface area contributed by atoms with Crippen molar-refractivity contribution >= 4 is 5.82 Å². The fourth-order valence-electron chi connectivity index (χ4n) is 2.96. The molecule has 0 amide bonds. The Balaban J connectivity index is 1.49. The molecule has 2 aromatic rings. The first-order valence-electron chi connectivity index (χ1n) is 7.73. The number of hydrogen-bond acceptors (Lipinski definition) is 4. The molecule has 0 spiro atoms. The van der Waals surface area contributed by atoms with E-state index in [4.69, 9.17) is 4.98 Å². The Morgan fingerprint density at radius 1 is 1.29 bits per heavy atom. The molecule has 0 saturated heterocycles. The van der Waals surface area contributed by atoms with E-state index in [1.54, 1.807) is 0 Å². The summed E-state index contributed by atoms with van der Waals surface area (Å²) in [6.45, 7) is 5.92. The molecule has 5 nitrogen and oxygen atoms in total. The summed E-state index contributed by atoms with van der Waals surface area (Å²) < 4.78 is 2.22. The lowest BCUT2D eigenvalue weighted by molar-refractivity contribution is 0.555. The minimum atomic E-state index is 0.742. The molecule has 1 saturated carbocycles. The highest BCUT2D eigenvalue weighted by Crippen LogP contribution is 2.23. The SMILES string of the molecule is Cc1cc(CNC2CC2)cnc1N1CCn2ccnc2C1. The van der Waals surface area contributed by atoms with Crippen molar-refractivity contribution in [1.82, 2.24) is 19.9 Å². The van der Waals surface area contributed by atoms with Crippen molar-refractivity contribution in [2.24, 2.45) is 0 Å². The van der Waals surface area contributed by atoms with Crippen LogP contribution in [0.3, 0.4) is 0 Å². The second-order valence-electron chi connectivity index (χ2n) is 6.10. The molecular weight excluding hydrogens is 262 g/mol. The lowest BCUT2D eigenvalue weighted by atomic mass is 10.2.